The number of hydrogen-bond acceptors (Lipinski definition) is 7. The second-order valence-corrected chi connectivity index (χ2v) is 14.8. The number of nitrogens with zero attached hydrogens (tertiary/aromatic N) is 6. The molecule has 12 nitrogen and oxygen atoms in total. The summed E-state index contributed by atoms with van der Waals surface area (Å²) >= 11 is 13.8. The van der Waals surface area contributed by atoms with E-state index in [4.69, 9.17) is 28.2 Å². The Morgan fingerprint density at radius 2 is 1.27 bits per heavy atom. The molecular weight excluding hydrogens is 691 g/mol. The van der Waals surface area contributed by atoms with Gasteiger partial charge in [0.25, 0.3) is 11.8 Å². The van der Waals surface area contributed by atoms with Gasteiger partial charge in [-0.1, -0.05) is 47.5 Å². The van der Waals surface area contributed by atoms with Gasteiger partial charge in [0.1, 0.15) is 0 Å². The average Bonchev–Trinajstić information content (AvgIpc) is 3.62. The predicted octanol–water partition coefficient (Wildman–Crippen LogP) is 5.87. The first kappa shape index (κ1) is 35.2. The van der Waals surface area contributed by atoms with E-state index in [1.165, 1.54) is 0 Å². The molecule has 51 heavy (non-hydrogen) atoms. The van der Waals surface area contributed by atoms with E-state index in [0.717, 1.165) is 80.9 Å². The predicted molar refractivity (Wildman–Crippen MR) is 196 cm³/mol. The van der Waals surface area contributed by atoms with Crippen LogP contribution >= 0.6 is 23.2 Å². The monoisotopic (exact) mass is 732 g/mol. The van der Waals surface area contributed by atoms with Crippen molar-refractivity contribution < 1.29 is 19.5 Å². The third kappa shape index (κ3) is 7.02. The zero-order chi connectivity index (χ0) is 36.0. The summed E-state index contributed by atoms with van der Waals surface area (Å²) in [5.74, 6) is -0.540. The molecule has 2 aliphatic heterocycles. The van der Waals surface area contributed by atoms with Gasteiger partial charge >= 0.3 is 5.97 Å². The molecule has 0 atom stereocenters. The lowest BCUT2D eigenvalue weighted by molar-refractivity contribution is -0.143. The van der Waals surface area contributed by atoms with Crippen molar-refractivity contribution >= 4 is 52.4 Å². The summed E-state index contributed by atoms with van der Waals surface area (Å²) in [4.78, 5) is 52.3. The normalized spacial score (nSPS) is 19.3. The smallest absolute Gasteiger partial charge is 0.306 e. The number of hydrogen-bond donors (Lipinski definition) is 3. The fourth-order valence-corrected chi connectivity index (χ4v) is 8.34. The SMILES string of the molecule is CN1CCc2c(nc(C(=O)Nc3cccc(-c4cccc(NC(=O)c5nc6c(n5C)CCN(CC5CCC(C(=O)O)CC5)C6)c4Cl)c3Cl)n2C)C1. The maximum Gasteiger partial charge on any atom is 0.306 e. The summed E-state index contributed by atoms with van der Waals surface area (Å²) < 4.78 is 3.71. The maximum absolute atomic E-state index is 13.6. The molecule has 1 saturated carbocycles. The lowest BCUT2D eigenvalue weighted by Gasteiger charge is -2.33. The minimum atomic E-state index is -0.685. The second kappa shape index (κ2) is 14.4. The number of anilines is 2. The summed E-state index contributed by atoms with van der Waals surface area (Å²) in [7, 11) is 5.75. The maximum atomic E-state index is 13.6. The number of carboxylic acids is 1. The van der Waals surface area contributed by atoms with Crippen LogP contribution in [-0.2, 0) is 44.8 Å². The van der Waals surface area contributed by atoms with Crippen molar-refractivity contribution in [3.63, 3.8) is 0 Å². The van der Waals surface area contributed by atoms with Gasteiger partial charge in [0, 0.05) is 82.2 Å². The number of carbonyl (C=O) groups excluding carboxylic acids is 2. The minimum absolute atomic E-state index is 0.221. The lowest BCUT2D eigenvalue weighted by atomic mass is 9.81. The standard InChI is InChI=1S/C37H42Cl2N8O4/c1-44-16-14-29-27(19-44)40-33(45(29)2)35(48)42-25-8-4-6-23(31(25)38)24-7-5-9-26(32(24)39)43-36(49)34-41-28-20-47(17-15-30(28)46(34)3)18-21-10-12-22(13-11-21)37(50)51/h4-9,21-22H,10-20H2,1-3H3,(H,42,48)(H,43,49)(H,50,51). The van der Waals surface area contributed by atoms with Gasteiger partial charge in [0.2, 0.25) is 0 Å². The molecule has 1 fully saturated rings. The van der Waals surface area contributed by atoms with Gasteiger partial charge in [0.05, 0.1) is 38.7 Å². The number of carbonyl (C=O) groups is 3. The first-order valence-electron chi connectivity index (χ1n) is 17.4. The van der Waals surface area contributed by atoms with Crippen LogP contribution in [0.25, 0.3) is 11.1 Å². The highest BCUT2D eigenvalue weighted by Gasteiger charge is 2.31. The van der Waals surface area contributed by atoms with Crippen molar-refractivity contribution in [2.75, 3.05) is 37.3 Å². The van der Waals surface area contributed by atoms with Crippen molar-refractivity contribution in [1.82, 2.24) is 28.9 Å². The number of carboxylic acid groups (broad SMARTS) is 1. The van der Waals surface area contributed by atoms with E-state index in [1.54, 1.807) is 24.3 Å². The van der Waals surface area contributed by atoms with Crippen molar-refractivity contribution in [3.05, 3.63) is 80.9 Å². The molecule has 0 unspecified atom stereocenters. The van der Waals surface area contributed by atoms with Gasteiger partial charge < -0.3 is 29.8 Å². The third-order valence-corrected chi connectivity index (χ3v) is 11.5. The Bertz CT molecular complexity index is 2020. The van der Waals surface area contributed by atoms with E-state index in [9.17, 15) is 19.5 Å². The average molecular weight is 734 g/mol. The summed E-state index contributed by atoms with van der Waals surface area (Å²) in [6, 6.07) is 10.7. The Morgan fingerprint density at radius 1 is 0.765 bits per heavy atom. The molecule has 2 aromatic heterocycles. The molecule has 4 aromatic rings. The number of fused-ring (bicyclic) bond motifs is 2. The highest BCUT2D eigenvalue weighted by atomic mass is 35.5. The summed E-state index contributed by atoms with van der Waals surface area (Å²) in [5, 5.41) is 15.8. The topological polar surface area (TPSA) is 138 Å². The molecule has 7 rings (SSSR count). The first-order chi connectivity index (χ1) is 24.5. The van der Waals surface area contributed by atoms with Crippen LogP contribution < -0.4 is 10.6 Å². The fraction of sp³-hybridized carbons (Fsp3) is 0.432. The Labute approximate surface area is 306 Å². The molecule has 1 aliphatic carbocycles. The van der Waals surface area contributed by atoms with E-state index in [2.05, 4.69) is 25.4 Å². The number of amides is 2. The van der Waals surface area contributed by atoms with Crippen LogP contribution in [0.5, 0.6) is 0 Å². The van der Waals surface area contributed by atoms with Crippen LogP contribution in [-0.4, -0.2) is 78.5 Å². The molecule has 268 valence electrons. The zero-order valence-electron chi connectivity index (χ0n) is 29.0. The fourth-order valence-electron chi connectivity index (χ4n) is 7.79. The van der Waals surface area contributed by atoms with Crippen molar-refractivity contribution in [2.45, 2.75) is 51.6 Å². The largest absolute Gasteiger partial charge is 0.481 e. The van der Waals surface area contributed by atoms with Crippen LogP contribution in [0, 0.1) is 11.8 Å². The molecule has 3 N–H and O–H groups in total. The number of rotatable bonds is 8. The molecular formula is C37H42Cl2N8O4. The Morgan fingerprint density at radius 3 is 1.80 bits per heavy atom. The molecule has 2 amide bonds. The van der Waals surface area contributed by atoms with E-state index in [0.29, 0.717) is 63.2 Å². The molecule has 0 radical (unpaired) electrons. The highest BCUT2D eigenvalue weighted by Crippen LogP contribution is 2.40. The van der Waals surface area contributed by atoms with Crippen molar-refractivity contribution in [2.24, 2.45) is 25.9 Å². The van der Waals surface area contributed by atoms with E-state index >= 15 is 0 Å². The molecule has 0 saturated heterocycles. The lowest BCUT2D eigenvalue weighted by Crippen LogP contribution is -2.36. The molecule has 3 aliphatic rings. The van der Waals surface area contributed by atoms with Gasteiger partial charge in [-0.25, -0.2) is 9.97 Å². The number of nitrogens with one attached hydrogen (secondary N) is 2. The van der Waals surface area contributed by atoms with E-state index in [1.807, 2.05) is 42.4 Å². The van der Waals surface area contributed by atoms with Gasteiger partial charge in [-0.15, -0.1) is 0 Å². The Hall–Kier alpha value is -4.23. The van der Waals surface area contributed by atoms with Gasteiger partial charge in [-0.05, 0) is 50.8 Å². The summed E-state index contributed by atoms with van der Waals surface area (Å²) in [5.41, 5.74) is 5.91. The number of benzene rings is 2. The minimum Gasteiger partial charge on any atom is -0.481 e. The Balaban J connectivity index is 1.04. The number of aromatic nitrogens is 4. The first-order valence-corrected chi connectivity index (χ1v) is 18.2. The van der Waals surface area contributed by atoms with Crippen LogP contribution in [0.1, 0.15) is 69.7 Å². The van der Waals surface area contributed by atoms with Gasteiger partial charge in [0.15, 0.2) is 11.6 Å². The van der Waals surface area contributed by atoms with Crippen molar-refractivity contribution in [3.8, 4) is 11.1 Å². The molecule has 2 aromatic carbocycles. The summed E-state index contributed by atoms with van der Waals surface area (Å²) in [6.07, 6.45) is 4.91. The third-order valence-electron chi connectivity index (χ3n) is 10.7. The molecule has 14 heteroatoms. The van der Waals surface area contributed by atoms with Crippen LogP contribution in [0.15, 0.2) is 36.4 Å². The second-order valence-electron chi connectivity index (χ2n) is 14.0. The van der Waals surface area contributed by atoms with Crippen LogP contribution in [0.3, 0.4) is 0 Å². The van der Waals surface area contributed by atoms with Crippen molar-refractivity contribution in [1.29, 1.82) is 0 Å². The summed E-state index contributed by atoms with van der Waals surface area (Å²) in [6.45, 7) is 4.02. The van der Waals surface area contributed by atoms with Crippen LogP contribution in [0.4, 0.5) is 11.4 Å². The quantitative estimate of drug-likeness (QED) is 0.205. The number of likely N-dealkylation sites (N-methyl/N-ethyl adjacent to an activating group) is 1. The zero-order valence-corrected chi connectivity index (χ0v) is 30.5. The molecule has 0 bridgehead atoms. The highest BCUT2D eigenvalue weighted by molar-refractivity contribution is 6.40. The number of halogens is 2. The number of aliphatic carboxylic acids is 1. The van der Waals surface area contributed by atoms with Gasteiger partial charge in [-0.3, -0.25) is 19.3 Å². The van der Waals surface area contributed by atoms with Gasteiger partial charge in [-0.2, -0.15) is 0 Å². The van der Waals surface area contributed by atoms with E-state index < -0.39 is 5.97 Å². The van der Waals surface area contributed by atoms with Crippen LogP contribution in [0.2, 0.25) is 10.0 Å². The van der Waals surface area contributed by atoms with E-state index in [-0.39, 0.29) is 17.7 Å². The number of imidazole rings is 2. The Kier molecular flexibility index (Phi) is 9.95. The molecule has 4 heterocycles. The molecule has 0 spiro atoms.